The first-order valence-corrected chi connectivity index (χ1v) is 5.17. The summed E-state index contributed by atoms with van der Waals surface area (Å²) in [5, 5.41) is 12.0. The predicted molar refractivity (Wildman–Crippen MR) is 58.8 cm³/mol. The summed E-state index contributed by atoms with van der Waals surface area (Å²) >= 11 is 0. The Morgan fingerprint density at radius 2 is 2.38 bits per heavy atom. The van der Waals surface area contributed by atoms with E-state index in [1.54, 1.807) is 26.0 Å². The average molecular weight is 224 g/mol. The van der Waals surface area contributed by atoms with E-state index < -0.39 is 0 Å². The molecule has 0 aliphatic rings. The summed E-state index contributed by atoms with van der Waals surface area (Å²) in [5.41, 5.74) is 0.758. The maximum atomic E-state index is 11.3. The van der Waals surface area contributed by atoms with Crippen molar-refractivity contribution in [2.24, 2.45) is 0 Å². The third kappa shape index (κ3) is 3.86. The van der Waals surface area contributed by atoms with E-state index in [2.05, 4.69) is 10.3 Å². The monoisotopic (exact) mass is 224 g/mol. The molecule has 0 aromatic carbocycles. The van der Waals surface area contributed by atoms with Crippen molar-refractivity contribution in [1.29, 1.82) is 0 Å². The Balaban J connectivity index is 2.39. The highest BCUT2D eigenvalue weighted by Gasteiger charge is 2.12. The number of nitrogens with zero attached hydrogens (tertiary/aromatic N) is 1. The molecule has 0 bridgehead atoms. The zero-order valence-electron chi connectivity index (χ0n) is 9.43. The van der Waals surface area contributed by atoms with Crippen LogP contribution < -0.4 is 5.32 Å². The van der Waals surface area contributed by atoms with E-state index in [9.17, 15) is 4.79 Å². The molecule has 1 heterocycles. The fraction of sp³-hybridized carbons (Fsp3) is 0.455. The van der Waals surface area contributed by atoms with Gasteiger partial charge < -0.3 is 9.84 Å². The Morgan fingerprint density at radius 3 is 2.94 bits per heavy atom. The number of nitrogens with one attached hydrogen (secondary N) is 1. The summed E-state index contributed by atoms with van der Waals surface area (Å²) in [6.07, 6.45) is 1.37. The molecule has 5 nitrogen and oxygen atoms in total. The number of rotatable bonds is 5. The summed E-state index contributed by atoms with van der Waals surface area (Å²) in [7, 11) is 0. The highest BCUT2D eigenvalue weighted by atomic mass is 16.5. The van der Waals surface area contributed by atoms with Crippen LogP contribution in [0.25, 0.3) is 0 Å². The van der Waals surface area contributed by atoms with Crippen LogP contribution in [0.15, 0.2) is 18.3 Å². The van der Waals surface area contributed by atoms with Gasteiger partial charge in [-0.1, -0.05) is 0 Å². The van der Waals surface area contributed by atoms with Gasteiger partial charge in [0.05, 0.1) is 18.5 Å². The smallest absolute Gasteiger partial charge is 0.322 e. The molecule has 88 valence electrons. The zero-order valence-corrected chi connectivity index (χ0v) is 9.43. The number of ether oxygens (including phenoxy) is 1. The Labute approximate surface area is 94.5 Å². The van der Waals surface area contributed by atoms with Gasteiger partial charge in [0.2, 0.25) is 0 Å². The lowest BCUT2D eigenvalue weighted by Gasteiger charge is -2.11. The Kier molecular flexibility index (Phi) is 4.72. The Hall–Kier alpha value is -1.62. The van der Waals surface area contributed by atoms with Gasteiger partial charge in [-0.05, 0) is 26.0 Å². The van der Waals surface area contributed by atoms with Crippen LogP contribution >= 0.6 is 0 Å². The van der Waals surface area contributed by atoms with Crippen molar-refractivity contribution < 1.29 is 14.6 Å². The number of carbonyl (C=O) groups is 1. The van der Waals surface area contributed by atoms with Crippen molar-refractivity contribution in [2.45, 2.75) is 26.4 Å². The minimum absolute atomic E-state index is 0.127. The first-order valence-electron chi connectivity index (χ1n) is 5.17. The van der Waals surface area contributed by atoms with Crippen molar-refractivity contribution in [3.63, 3.8) is 0 Å². The number of esters is 1. The van der Waals surface area contributed by atoms with Crippen LogP contribution in [-0.2, 0) is 16.1 Å². The summed E-state index contributed by atoms with van der Waals surface area (Å²) in [4.78, 5) is 15.3. The molecule has 0 radical (unpaired) electrons. The van der Waals surface area contributed by atoms with Gasteiger partial charge >= 0.3 is 5.97 Å². The minimum Gasteiger partial charge on any atom is -0.506 e. The number of aromatic hydroxyl groups is 1. The maximum Gasteiger partial charge on any atom is 0.322 e. The topological polar surface area (TPSA) is 71.5 Å². The lowest BCUT2D eigenvalue weighted by Crippen LogP contribution is -2.35. The van der Waals surface area contributed by atoms with Crippen LogP contribution in [0, 0.1) is 0 Å². The van der Waals surface area contributed by atoms with Gasteiger partial charge in [0.25, 0.3) is 0 Å². The molecule has 0 saturated heterocycles. The highest BCUT2D eigenvalue weighted by molar-refractivity contribution is 5.75. The van der Waals surface area contributed by atoms with Gasteiger partial charge in [0.15, 0.2) is 0 Å². The molecule has 0 saturated carbocycles. The first-order chi connectivity index (χ1) is 7.63. The number of carbonyl (C=O) groups excluding carboxylic acids is 1. The lowest BCUT2D eigenvalue weighted by molar-refractivity contribution is -0.145. The fourth-order valence-corrected chi connectivity index (χ4v) is 1.13. The SMILES string of the molecule is CCOC(=O)C(C)NCc1ccc(O)cn1. The number of hydrogen-bond acceptors (Lipinski definition) is 5. The summed E-state index contributed by atoms with van der Waals surface area (Å²) in [6, 6.07) is 2.88. The quantitative estimate of drug-likeness (QED) is 0.725. The average Bonchev–Trinajstić information content (AvgIpc) is 2.28. The normalized spacial score (nSPS) is 12.1. The molecular formula is C11H16N2O3. The largest absolute Gasteiger partial charge is 0.506 e. The van der Waals surface area contributed by atoms with Crippen molar-refractivity contribution in [3.05, 3.63) is 24.0 Å². The Bertz CT molecular complexity index is 338. The van der Waals surface area contributed by atoms with Crippen LogP contribution in [0.3, 0.4) is 0 Å². The molecule has 16 heavy (non-hydrogen) atoms. The van der Waals surface area contributed by atoms with E-state index in [-0.39, 0.29) is 17.8 Å². The maximum absolute atomic E-state index is 11.3. The molecule has 0 fully saturated rings. The van der Waals surface area contributed by atoms with Crippen LogP contribution in [0.2, 0.25) is 0 Å². The summed E-state index contributed by atoms with van der Waals surface area (Å²) in [6.45, 7) is 4.34. The molecule has 1 rings (SSSR count). The molecule has 5 heteroatoms. The summed E-state index contributed by atoms with van der Waals surface area (Å²) < 4.78 is 4.85. The predicted octanol–water partition coefficient (Wildman–Crippen LogP) is 0.828. The Morgan fingerprint density at radius 1 is 1.62 bits per heavy atom. The molecule has 0 spiro atoms. The molecule has 1 unspecified atom stereocenters. The summed E-state index contributed by atoms with van der Waals surface area (Å²) in [5.74, 6) is -0.150. The van der Waals surface area contributed by atoms with Gasteiger partial charge in [-0.3, -0.25) is 15.1 Å². The molecule has 1 aromatic rings. The molecule has 2 N–H and O–H groups in total. The van der Waals surface area contributed by atoms with Gasteiger partial charge in [-0.2, -0.15) is 0 Å². The van der Waals surface area contributed by atoms with Gasteiger partial charge in [-0.25, -0.2) is 0 Å². The van der Waals surface area contributed by atoms with Gasteiger partial charge in [0, 0.05) is 6.54 Å². The molecule has 0 aliphatic carbocycles. The van der Waals surface area contributed by atoms with E-state index in [0.717, 1.165) is 5.69 Å². The van der Waals surface area contributed by atoms with E-state index >= 15 is 0 Å². The second-order valence-electron chi connectivity index (χ2n) is 3.36. The first kappa shape index (κ1) is 12.4. The second kappa shape index (κ2) is 6.07. The lowest BCUT2D eigenvalue weighted by atomic mass is 10.3. The zero-order chi connectivity index (χ0) is 12.0. The number of hydrogen-bond donors (Lipinski definition) is 2. The van der Waals surface area contributed by atoms with Crippen LogP contribution in [0.5, 0.6) is 5.75 Å². The van der Waals surface area contributed by atoms with E-state index in [4.69, 9.17) is 9.84 Å². The van der Waals surface area contributed by atoms with Gasteiger partial charge in [0.1, 0.15) is 11.8 Å². The van der Waals surface area contributed by atoms with Crippen molar-refractivity contribution in [1.82, 2.24) is 10.3 Å². The van der Waals surface area contributed by atoms with E-state index in [1.807, 2.05) is 0 Å². The van der Waals surface area contributed by atoms with Crippen molar-refractivity contribution >= 4 is 5.97 Å². The van der Waals surface area contributed by atoms with Crippen LogP contribution in [0.4, 0.5) is 0 Å². The van der Waals surface area contributed by atoms with Crippen LogP contribution in [-0.4, -0.2) is 28.7 Å². The third-order valence-electron chi connectivity index (χ3n) is 2.04. The van der Waals surface area contributed by atoms with Crippen molar-refractivity contribution in [3.8, 4) is 5.75 Å². The van der Waals surface area contributed by atoms with Crippen LogP contribution in [0.1, 0.15) is 19.5 Å². The molecule has 1 aromatic heterocycles. The fourth-order valence-electron chi connectivity index (χ4n) is 1.13. The molecule has 1 atom stereocenters. The standard InChI is InChI=1S/C11H16N2O3/c1-3-16-11(15)8(2)12-6-9-4-5-10(14)7-13-9/h4-5,7-8,12,14H,3,6H2,1-2H3. The second-order valence-corrected chi connectivity index (χ2v) is 3.36. The highest BCUT2D eigenvalue weighted by Crippen LogP contribution is 2.05. The van der Waals surface area contributed by atoms with E-state index in [0.29, 0.717) is 13.2 Å². The number of pyridine rings is 1. The minimum atomic E-state index is -0.365. The molecule has 0 amide bonds. The number of aromatic nitrogens is 1. The third-order valence-corrected chi connectivity index (χ3v) is 2.04. The van der Waals surface area contributed by atoms with Crippen molar-refractivity contribution in [2.75, 3.05) is 6.61 Å². The molecular weight excluding hydrogens is 208 g/mol. The molecule has 0 aliphatic heterocycles. The van der Waals surface area contributed by atoms with E-state index in [1.165, 1.54) is 6.20 Å². The van der Waals surface area contributed by atoms with Gasteiger partial charge in [-0.15, -0.1) is 0 Å².